The van der Waals surface area contributed by atoms with Gasteiger partial charge in [0.15, 0.2) is 12.4 Å². The van der Waals surface area contributed by atoms with E-state index in [2.05, 4.69) is 5.32 Å². The van der Waals surface area contributed by atoms with Gasteiger partial charge >= 0.3 is 5.97 Å². The van der Waals surface area contributed by atoms with Crippen LogP contribution in [0.25, 0.3) is 0 Å². The molecule has 180 valence electrons. The molecular weight excluding hydrogens is 444 g/mol. The number of aliphatic hydroxyl groups is 1. The standard InChI is InChI=1S/C24H26N2O8/c1-32-19-8-4-16(5-9-19)20(28)15-34-24(31)17-2-6-18(7-3-17)25-22(29)14-21-23(30)26(10-12-27)11-13-33-21/h2-9,21,27H,10-15H2,1H3,(H,25,29). The van der Waals surface area contributed by atoms with Crippen molar-refractivity contribution in [2.24, 2.45) is 0 Å². The number of anilines is 1. The molecule has 1 atom stereocenters. The van der Waals surface area contributed by atoms with Gasteiger partial charge in [-0.15, -0.1) is 0 Å². The first-order valence-corrected chi connectivity index (χ1v) is 10.7. The van der Waals surface area contributed by atoms with Crippen LogP contribution in [0.4, 0.5) is 5.69 Å². The molecule has 2 N–H and O–H groups in total. The molecule has 10 nitrogen and oxygen atoms in total. The molecule has 3 rings (SSSR count). The van der Waals surface area contributed by atoms with E-state index < -0.39 is 24.6 Å². The van der Waals surface area contributed by atoms with Crippen LogP contribution in [0.5, 0.6) is 5.75 Å². The first kappa shape index (κ1) is 24.9. The van der Waals surface area contributed by atoms with Gasteiger partial charge in [-0.1, -0.05) is 0 Å². The molecule has 2 aromatic rings. The summed E-state index contributed by atoms with van der Waals surface area (Å²) in [6.45, 7) is 0.299. The summed E-state index contributed by atoms with van der Waals surface area (Å²) >= 11 is 0. The summed E-state index contributed by atoms with van der Waals surface area (Å²) < 4.78 is 15.5. The molecule has 1 heterocycles. The minimum atomic E-state index is -0.905. The Morgan fingerprint density at radius 3 is 2.41 bits per heavy atom. The minimum absolute atomic E-state index is 0.158. The number of carbonyl (C=O) groups excluding carboxylic acids is 4. The first-order valence-electron chi connectivity index (χ1n) is 10.7. The maximum absolute atomic E-state index is 12.3. The number of rotatable bonds is 10. The van der Waals surface area contributed by atoms with Gasteiger partial charge in [0.2, 0.25) is 5.91 Å². The van der Waals surface area contributed by atoms with E-state index in [-0.39, 0.29) is 36.8 Å². The van der Waals surface area contributed by atoms with Crippen molar-refractivity contribution < 1.29 is 38.5 Å². The Morgan fingerprint density at radius 2 is 1.76 bits per heavy atom. The lowest BCUT2D eigenvalue weighted by Crippen LogP contribution is -2.49. The lowest BCUT2D eigenvalue weighted by atomic mass is 10.1. The molecule has 1 aliphatic rings. The Kier molecular flexibility index (Phi) is 8.72. The number of hydrogen-bond donors (Lipinski definition) is 2. The minimum Gasteiger partial charge on any atom is -0.497 e. The van der Waals surface area contributed by atoms with Crippen LogP contribution in [-0.4, -0.2) is 79.7 Å². The Hall–Kier alpha value is -3.76. The van der Waals surface area contributed by atoms with Gasteiger partial charge < -0.3 is 29.5 Å². The van der Waals surface area contributed by atoms with E-state index in [1.54, 1.807) is 24.3 Å². The van der Waals surface area contributed by atoms with Gasteiger partial charge in [0, 0.05) is 24.3 Å². The third-order valence-corrected chi connectivity index (χ3v) is 5.16. The Bertz CT molecular complexity index is 1020. The lowest BCUT2D eigenvalue weighted by molar-refractivity contribution is -0.155. The monoisotopic (exact) mass is 470 g/mol. The van der Waals surface area contributed by atoms with Gasteiger partial charge in [-0.05, 0) is 48.5 Å². The van der Waals surface area contributed by atoms with Crippen LogP contribution in [0.15, 0.2) is 48.5 Å². The van der Waals surface area contributed by atoms with Crippen LogP contribution in [0, 0.1) is 0 Å². The highest BCUT2D eigenvalue weighted by atomic mass is 16.5. The van der Waals surface area contributed by atoms with E-state index in [9.17, 15) is 19.2 Å². The van der Waals surface area contributed by atoms with E-state index >= 15 is 0 Å². The number of benzene rings is 2. The number of carbonyl (C=O) groups is 4. The lowest BCUT2D eigenvalue weighted by Gasteiger charge is -2.31. The smallest absolute Gasteiger partial charge is 0.338 e. The van der Waals surface area contributed by atoms with Gasteiger partial charge in [-0.3, -0.25) is 14.4 Å². The number of ether oxygens (including phenoxy) is 3. The third kappa shape index (κ3) is 6.63. The molecular formula is C24H26N2O8. The Morgan fingerprint density at radius 1 is 1.09 bits per heavy atom. The molecule has 10 heteroatoms. The van der Waals surface area contributed by atoms with Crippen LogP contribution >= 0.6 is 0 Å². The van der Waals surface area contributed by atoms with E-state index in [1.807, 2.05) is 0 Å². The molecule has 34 heavy (non-hydrogen) atoms. The van der Waals surface area contributed by atoms with Crippen molar-refractivity contribution >= 4 is 29.3 Å². The van der Waals surface area contributed by atoms with Crippen molar-refractivity contribution in [3.05, 3.63) is 59.7 Å². The summed E-state index contributed by atoms with van der Waals surface area (Å²) in [5, 5.41) is 11.7. The summed E-state index contributed by atoms with van der Waals surface area (Å²) in [4.78, 5) is 50.5. The van der Waals surface area contributed by atoms with Crippen LogP contribution in [-0.2, 0) is 19.1 Å². The number of hydrogen-bond acceptors (Lipinski definition) is 8. The maximum Gasteiger partial charge on any atom is 0.338 e. The zero-order valence-electron chi connectivity index (χ0n) is 18.7. The van der Waals surface area contributed by atoms with Crippen molar-refractivity contribution in [2.45, 2.75) is 12.5 Å². The number of β-amino-alcohol motifs (C(OH)–C–C–N with tert-alkyl or cyclic N) is 1. The van der Waals surface area contributed by atoms with Crippen molar-refractivity contribution in [1.29, 1.82) is 0 Å². The average Bonchev–Trinajstić information content (AvgIpc) is 2.85. The number of ketones is 1. The fraction of sp³-hybridized carbons (Fsp3) is 0.333. The molecule has 0 radical (unpaired) electrons. The molecule has 2 aromatic carbocycles. The summed E-state index contributed by atoms with van der Waals surface area (Å²) in [6.07, 6.45) is -1.07. The zero-order chi connectivity index (χ0) is 24.5. The van der Waals surface area contributed by atoms with Gasteiger partial charge in [0.1, 0.15) is 11.9 Å². The fourth-order valence-electron chi connectivity index (χ4n) is 3.32. The van der Waals surface area contributed by atoms with Crippen LogP contribution in [0.1, 0.15) is 27.1 Å². The van der Waals surface area contributed by atoms with Crippen molar-refractivity contribution in [3.8, 4) is 5.75 Å². The van der Waals surface area contributed by atoms with Gasteiger partial charge in [0.25, 0.3) is 5.91 Å². The Labute approximate surface area is 196 Å². The molecule has 1 aliphatic heterocycles. The fourth-order valence-corrected chi connectivity index (χ4v) is 3.32. The molecule has 1 unspecified atom stereocenters. The number of nitrogens with one attached hydrogen (secondary N) is 1. The SMILES string of the molecule is COc1ccc(C(=O)COC(=O)c2ccc(NC(=O)CC3OCCN(CCO)C3=O)cc2)cc1. The second kappa shape index (κ2) is 11.9. The summed E-state index contributed by atoms with van der Waals surface area (Å²) in [5.41, 5.74) is 1.03. The molecule has 0 spiro atoms. The average molecular weight is 470 g/mol. The van der Waals surface area contributed by atoms with Crippen molar-refractivity contribution in [3.63, 3.8) is 0 Å². The van der Waals surface area contributed by atoms with Gasteiger partial charge in [-0.2, -0.15) is 0 Å². The van der Waals surface area contributed by atoms with Crippen molar-refractivity contribution in [1.82, 2.24) is 4.90 Å². The predicted octanol–water partition coefficient (Wildman–Crippen LogP) is 1.28. The van der Waals surface area contributed by atoms with E-state index in [4.69, 9.17) is 19.3 Å². The summed E-state index contributed by atoms with van der Waals surface area (Å²) in [5.74, 6) is -1.17. The summed E-state index contributed by atoms with van der Waals surface area (Å²) in [7, 11) is 1.52. The number of aliphatic hydroxyl groups excluding tert-OH is 1. The number of nitrogens with zero attached hydrogens (tertiary/aromatic N) is 1. The largest absolute Gasteiger partial charge is 0.497 e. The Balaban J connectivity index is 1.48. The molecule has 0 bridgehead atoms. The number of Topliss-reactive ketones (excluding diaryl/α,β-unsaturated/α-hetero) is 1. The van der Waals surface area contributed by atoms with Crippen LogP contribution in [0.3, 0.4) is 0 Å². The van der Waals surface area contributed by atoms with Crippen LogP contribution in [0.2, 0.25) is 0 Å². The van der Waals surface area contributed by atoms with Gasteiger partial charge in [0.05, 0.1) is 32.3 Å². The number of methoxy groups -OCH3 is 1. The molecule has 0 aromatic heterocycles. The highest BCUT2D eigenvalue weighted by Crippen LogP contribution is 2.15. The number of esters is 1. The second-order valence-electron chi connectivity index (χ2n) is 7.47. The predicted molar refractivity (Wildman–Crippen MR) is 121 cm³/mol. The van der Waals surface area contributed by atoms with E-state index in [1.165, 1.54) is 36.3 Å². The topological polar surface area (TPSA) is 131 Å². The van der Waals surface area contributed by atoms with E-state index in [0.717, 1.165) is 0 Å². The molecule has 1 fully saturated rings. The highest BCUT2D eigenvalue weighted by molar-refractivity contribution is 6.00. The molecule has 1 saturated heterocycles. The van der Waals surface area contributed by atoms with Crippen molar-refractivity contribution in [2.75, 3.05) is 45.3 Å². The molecule has 2 amide bonds. The maximum atomic E-state index is 12.3. The normalized spacial score (nSPS) is 15.5. The van der Waals surface area contributed by atoms with E-state index in [0.29, 0.717) is 30.2 Å². The molecule has 0 saturated carbocycles. The van der Waals surface area contributed by atoms with Gasteiger partial charge in [-0.25, -0.2) is 4.79 Å². The first-order chi connectivity index (χ1) is 16.4. The summed E-state index contributed by atoms with van der Waals surface area (Å²) in [6, 6.07) is 12.4. The quantitative estimate of drug-likeness (QED) is 0.392. The number of amides is 2. The highest BCUT2D eigenvalue weighted by Gasteiger charge is 2.31. The zero-order valence-corrected chi connectivity index (χ0v) is 18.7. The second-order valence-corrected chi connectivity index (χ2v) is 7.47. The number of morpholine rings is 1. The molecule has 0 aliphatic carbocycles. The third-order valence-electron chi connectivity index (χ3n) is 5.16. The van der Waals surface area contributed by atoms with Crippen LogP contribution < -0.4 is 10.1 Å².